The number of amides is 1. The molecule has 0 radical (unpaired) electrons. The van der Waals surface area contributed by atoms with Crippen molar-refractivity contribution in [3.8, 4) is 0 Å². The van der Waals surface area contributed by atoms with Crippen LogP contribution in [0.2, 0.25) is 0 Å². The first-order chi connectivity index (χ1) is 9.71. The second kappa shape index (κ2) is 9.34. The van der Waals surface area contributed by atoms with Gasteiger partial charge >= 0.3 is 0 Å². The highest BCUT2D eigenvalue weighted by atomic mass is 16.5. The van der Waals surface area contributed by atoms with E-state index >= 15 is 0 Å². The normalized spacial score (nSPS) is 10.3. The highest BCUT2D eigenvalue weighted by Gasteiger charge is 2.05. The van der Waals surface area contributed by atoms with Gasteiger partial charge in [0.15, 0.2) is 0 Å². The Morgan fingerprint density at radius 3 is 2.55 bits per heavy atom. The Bertz CT molecular complexity index is 393. The molecule has 0 heterocycles. The third-order valence-corrected chi connectivity index (χ3v) is 2.85. The summed E-state index contributed by atoms with van der Waals surface area (Å²) >= 11 is 0. The van der Waals surface area contributed by atoms with E-state index < -0.39 is 0 Å². The van der Waals surface area contributed by atoms with Crippen molar-refractivity contribution >= 4 is 17.3 Å². The molecule has 0 aliphatic heterocycles. The molecule has 0 fully saturated rings. The number of aliphatic hydroxyl groups is 1. The van der Waals surface area contributed by atoms with Gasteiger partial charge in [-0.1, -0.05) is 6.92 Å². The van der Waals surface area contributed by atoms with Crippen LogP contribution in [-0.4, -0.2) is 43.9 Å². The molecule has 0 spiro atoms. The smallest absolute Gasteiger partial charge is 0.250 e. The summed E-state index contributed by atoms with van der Waals surface area (Å²) in [7, 11) is 0. The second-order valence-corrected chi connectivity index (χ2v) is 4.45. The number of benzene rings is 1. The van der Waals surface area contributed by atoms with Crippen molar-refractivity contribution in [3.63, 3.8) is 0 Å². The van der Waals surface area contributed by atoms with E-state index in [0.29, 0.717) is 13.2 Å². The summed E-state index contributed by atoms with van der Waals surface area (Å²) in [6.45, 7) is 6.28. The molecule has 0 saturated carbocycles. The average Bonchev–Trinajstić information content (AvgIpc) is 2.46. The van der Waals surface area contributed by atoms with Crippen molar-refractivity contribution < 1.29 is 14.6 Å². The molecule has 1 amide bonds. The maximum atomic E-state index is 11.6. The lowest BCUT2D eigenvalue weighted by Gasteiger charge is -2.22. The fourth-order valence-electron chi connectivity index (χ4n) is 1.85. The zero-order chi connectivity index (χ0) is 14.8. The Labute approximate surface area is 120 Å². The molecule has 0 saturated heterocycles. The van der Waals surface area contributed by atoms with Gasteiger partial charge in [-0.3, -0.25) is 4.79 Å². The number of hydrogen-bond donors (Lipinski definition) is 2. The van der Waals surface area contributed by atoms with Gasteiger partial charge in [0.05, 0.1) is 6.61 Å². The monoisotopic (exact) mass is 280 g/mol. The first kappa shape index (κ1) is 16.5. The predicted molar refractivity (Wildman–Crippen MR) is 81.2 cm³/mol. The molecule has 1 aromatic carbocycles. The van der Waals surface area contributed by atoms with Crippen molar-refractivity contribution in [1.82, 2.24) is 0 Å². The molecule has 5 nitrogen and oxygen atoms in total. The quantitative estimate of drug-likeness (QED) is 0.678. The molecule has 5 heteroatoms. The molecule has 0 aromatic heterocycles. The molecular formula is C15H24N2O3. The minimum atomic E-state index is -0.145. The van der Waals surface area contributed by atoms with Crippen LogP contribution in [-0.2, 0) is 9.53 Å². The maximum Gasteiger partial charge on any atom is 0.250 e. The summed E-state index contributed by atoms with van der Waals surface area (Å²) in [6, 6.07) is 7.57. The number of rotatable bonds is 9. The van der Waals surface area contributed by atoms with Gasteiger partial charge in [-0.25, -0.2) is 0 Å². The van der Waals surface area contributed by atoms with Gasteiger partial charge < -0.3 is 20.1 Å². The standard InChI is InChI=1S/C15H24N2O3/c1-3-11-20-12-15(19)16-13-5-7-14(8-6-13)17(4-2)9-10-18/h5-8,18H,3-4,9-12H2,1-2H3,(H,16,19). The SMILES string of the molecule is CCCOCC(=O)Nc1ccc(N(CC)CCO)cc1. The number of ether oxygens (including phenoxy) is 1. The summed E-state index contributed by atoms with van der Waals surface area (Å²) < 4.78 is 5.18. The number of carbonyl (C=O) groups is 1. The molecule has 0 unspecified atom stereocenters. The van der Waals surface area contributed by atoms with Crippen molar-refractivity contribution in [1.29, 1.82) is 0 Å². The van der Waals surface area contributed by atoms with Crippen LogP contribution in [0.1, 0.15) is 20.3 Å². The van der Waals surface area contributed by atoms with Gasteiger partial charge in [0, 0.05) is 31.1 Å². The van der Waals surface area contributed by atoms with Crippen LogP contribution < -0.4 is 10.2 Å². The van der Waals surface area contributed by atoms with E-state index in [1.807, 2.05) is 38.1 Å². The zero-order valence-electron chi connectivity index (χ0n) is 12.3. The van der Waals surface area contributed by atoms with Crippen molar-refractivity contribution in [2.24, 2.45) is 0 Å². The Kier molecular flexibility index (Phi) is 7.69. The minimum Gasteiger partial charge on any atom is -0.395 e. The highest BCUT2D eigenvalue weighted by Crippen LogP contribution is 2.17. The van der Waals surface area contributed by atoms with E-state index in [4.69, 9.17) is 9.84 Å². The first-order valence-electron chi connectivity index (χ1n) is 7.04. The van der Waals surface area contributed by atoms with E-state index in [9.17, 15) is 4.79 Å². The third-order valence-electron chi connectivity index (χ3n) is 2.85. The Morgan fingerprint density at radius 2 is 2.00 bits per heavy atom. The molecule has 0 bridgehead atoms. The molecule has 0 aliphatic carbocycles. The van der Waals surface area contributed by atoms with Crippen LogP contribution in [0.3, 0.4) is 0 Å². The average molecular weight is 280 g/mol. The van der Waals surface area contributed by atoms with E-state index in [2.05, 4.69) is 10.2 Å². The zero-order valence-corrected chi connectivity index (χ0v) is 12.3. The van der Waals surface area contributed by atoms with Gasteiger partial charge in [-0.2, -0.15) is 0 Å². The number of carbonyl (C=O) groups excluding carboxylic acids is 1. The highest BCUT2D eigenvalue weighted by molar-refractivity contribution is 5.91. The lowest BCUT2D eigenvalue weighted by Crippen LogP contribution is -2.26. The Balaban J connectivity index is 2.51. The van der Waals surface area contributed by atoms with Gasteiger partial charge in [0.25, 0.3) is 0 Å². The van der Waals surface area contributed by atoms with E-state index in [-0.39, 0.29) is 19.1 Å². The molecular weight excluding hydrogens is 256 g/mol. The van der Waals surface area contributed by atoms with Crippen molar-refractivity contribution in [2.45, 2.75) is 20.3 Å². The van der Waals surface area contributed by atoms with E-state index in [1.54, 1.807) is 0 Å². The number of anilines is 2. The van der Waals surface area contributed by atoms with Crippen LogP contribution >= 0.6 is 0 Å². The molecule has 0 atom stereocenters. The van der Waals surface area contributed by atoms with Crippen LogP contribution in [0.5, 0.6) is 0 Å². The Hall–Kier alpha value is -1.59. The van der Waals surface area contributed by atoms with Crippen molar-refractivity contribution in [3.05, 3.63) is 24.3 Å². The minimum absolute atomic E-state index is 0.0845. The Morgan fingerprint density at radius 1 is 1.30 bits per heavy atom. The molecule has 2 N–H and O–H groups in total. The largest absolute Gasteiger partial charge is 0.395 e. The molecule has 20 heavy (non-hydrogen) atoms. The topological polar surface area (TPSA) is 61.8 Å². The molecule has 1 rings (SSSR count). The first-order valence-corrected chi connectivity index (χ1v) is 7.04. The summed E-state index contributed by atoms with van der Waals surface area (Å²) in [5.74, 6) is -0.145. The van der Waals surface area contributed by atoms with Crippen LogP contribution in [0.25, 0.3) is 0 Å². The van der Waals surface area contributed by atoms with Crippen LogP contribution in [0.15, 0.2) is 24.3 Å². The summed E-state index contributed by atoms with van der Waals surface area (Å²) in [4.78, 5) is 13.7. The van der Waals surface area contributed by atoms with Crippen LogP contribution in [0.4, 0.5) is 11.4 Å². The third kappa shape index (κ3) is 5.59. The number of nitrogens with zero attached hydrogens (tertiary/aromatic N) is 1. The van der Waals surface area contributed by atoms with Gasteiger partial charge in [-0.15, -0.1) is 0 Å². The van der Waals surface area contributed by atoms with Gasteiger partial charge in [0.1, 0.15) is 6.61 Å². The van der Waals surface area contributed by atoms with Gasteiger partial charge in [-0.05, 0) is 37.6 Å². The number of likely N-dealkylation sites (N-methyl/N-ethyl adjacent to an activating group) is 1. The maximum absolute atomic E-state index is 11.6. The van der Waals surface area contributed by atoms with Crippen molar-refractivity contribution in [2.75, 3.05) is 43.1 Å². The second-order valence-electron chi connectivity index (χ2n) is 4.45. The van der Waals surface area contributed by atoms with Crippen LogP contribution in [0, 0.1) is 0 Å². The molecule has 112 valence electrons. The summed E-state index contributed by atoms with van der Waals surface area (Å²) in [5.41, 5.74) is 1.78. The summed E-state index contributed by atoms with van der Waals surface area (Å²) in [5, 5.41) is 11.8. The lowest BCUT2D eigenvalue weighted by molar-refractivity contribution is -0.120. The fraction of sp³-hybridized carbons (Fsp3) is 0.533. The number of hydrogen-bond acceptors (Lipinski definition) is 4. The van der Waals surface area contributed by atoms with E-state index in [1.165, 1.54) is 0 Å². The number of aliphatic hydroxyl groups excluding tert-OH is 1. The van der Waals surface area contributed by atoms with E-state index in [0.717, 1.165) is 24.3 Å². The molecule has 0 aliphatic rings. The number of nitrogens with one attached hydrogen (secondary N) is 1. The molecule has 1 aromatic rings. The summed E-state index contributed by atoms with van der Waals surface area (Å²) in [6.07, 6.45) is 0.902. The lowest BCUT2D eigenvalue weighted by atomic mass is 10.2. The van der Waals surface area contributed by atoms with Gasteiger partial charge in [0.2, 0.25) is 5.91 Å². The fourth-order valence-corrected chi connectivity index (χ4v) is 1.85. The predicted octanol–water partition coefficient (Wildman–Crippen LogP) is 1.87.